The summed E-state index contributed by atoms with van der Waals surface area (Å²) in [5, 5.41) is 0. The number of hydrogen-bond acceptors (Lipinski definition) is 3. The van der Waals surface area contributed by atoms with Gasteiger partial charge in [0.2, 0.25) is 0 Å². The molecule has 9 heteroatoms. The van der Waals surface area contributed by atoms with Crippen molar-refractivity contribution >= 4 is 20.4 Å². The van der Waals surface area contributed by atoms with Gasteiger partial charge in [-0.25, -0.2) is 8.02 Å². The maximum absolute atomic E-state index is 13.9. The molecule has 0 spiro atoms. The molecule has 0 atom stereocenters. The molecule has 0 heterocycles. The number of hydrogen-bond donors (Lipinski definition) is 0. The summed E-state index contributed by atoms with van der Waals surface area (Å²) >= 11 is 0. The third kappa shape index (κ3) is 5.18. The molecule has 4 aromatic carbocycles. The van der Waals surface area contributed by atoms with Crippen molar-refractivity contribution in [2.24, 2.45) is 0 Å². The van der Waals surface area contributed by atoms with Gasteiger partial charge >= 0.3 is 16.3 Å². The summed E-state index contributed by atoms with van der Waals surface area (Å²) in [7, 11) is -7.58. The van der Waals surface area contributed by atoms with Crippen molar-refractivity contribution < 1.29 is 29.6 Å². The molecular weight excluding hydrogens is 512 g/mol. The molecule has 0 fully saturated rings. The van der Waals surface area contributed by atoms with E-state index in [2.05, 4.69) is 0 Å². The van der Waals surface area contributed by atoms with Crippen LogP contribution in [0, 0.1) is 19.7 Å². The Morgan fingerprint density at radius 3 is 1.33 bits per heavy atom. The molecule has 0 bridgehead atoms. The van der Waals surface area contributed by atoms with Crippen LogP contribution in [-0.2, 0) is 19.9 Å². The fraction of sp³-hybridized carbons (Fsp3) is 0.111. The number of benzene rings is 4. The molecule has 0 saturated carbocycles. The van der Waals surface area contributed by atoms with Crippen LogP contribution in [0.3, 0.4) is 0 Å². The fourth-order valence-electron chi connectivity index (χ4n) is 3.60. The molecule has 0 saturated heterocycles. The normalized spacial score (nSPS) is 12.9. The Morgan fingerprint density at radius 2 is 0.944 bits per heavy atom. The number of halogens is 4. The first-order valence-corrected chi connectivity index (χ1v) is 13.7. The number of alkyl halides is 3. The minimum Gasteiger partial charge on any atom is -0.207 e. The summed E-state index contributed by atoms with van der Waals surface area (Å²) in [5.41, 5.74) is 0.886. The molecule has 4 rings (SSSR count). The van der Waals surface area contributed by atoms with E-state index in [1.807, 2.05) is 38.1 Å². The maximum Gasteiger partial charge on any atom is 0.416 e. The van der Waals surface area contributed by atoms with Gasteiger partial charge in [-0.3, -0.25) is 0 Å². The molecule has 0 aromatic heterocycles. The quantitative estimate of drug-likeness (QED) is 0.235. The molecule has 0 unspecified atom stereocenters. The maximum atomic E-state index is 13.9. The Morgan fingerprint density at radius 1 is 0.583 bits per heavy atom. The van der Waals surface area contributed by atoms with E-state index in [-0.39, 0.29) is 0 Å². The minimum atomic E-state index is -4.62. The third-order valence-electron chi connectivity index (χ3n) is 5.51. The number of aryl methyl sites for hydroxylation is 2. The first-order chi connectivity index (χ1) is 16.9. The van der Waals surface area contributed by atoms with Gasteiger partial charge in [0.1, 0.15) is 5.82 Å². The monoisotopic (exact) mass is 534 g/mol. The van der Waals surface area contributed by atoms with Crippen molar-refractivity contribution in [3.8, 4) is 0 Å². The highest BCUT2D eigenvalue weighted by Gasteiger charge is 2.39. The Bertz CT molecular complexity index is 1340. The summed E-state index contributed by atoms with van der Waals surface area (Å²) in [5.74, 6) is -0.509. The largest absolute Gasteiger partial charge is 0.416 e. The molecular formula is C27H22F4O3S2. The van der Waals surface area contributed by atoms with Crippen LogP contribution >= 0.6 is 10.3 Å². The standard InChI is InChI=1S/C27H22F4O3S2/c1-19-3-11-23(12-4-19)35(24-13-5-20(2)6-14-24,25-17-9-22(28)10-18-25)34-36(32,33)26-15-7-21(8-16-26)27(29,30)31/h3-18H,1-2H3. The first-order valence-electron chi connectivity index (χ1n) is 10.8. The predicted molar refractivity (Wildman–Crippen MR) is 131 cm³/mol. The average molecular weight is 535 g/mol. The molecule has 188 valence electrons. The fourth-order valence-corrected chi connectivity index (χ4v) is 8.77. The highest BCUT2D eigenvalue weighted by Crippen LogP contribution is 2.70. The molecule has 0 aliphatic rings. The minimum absolute atomic E-state index is 0.409. The van der Waals surface area contributed by atoms with Crippen LogP contribution in [-0.4, -0.2) is 8.42 Å². The van der Waals surface area contributed by atoms with E-state index in [1.54, 1.807) is 24.3 Å². The van der Waals surface area contributed by atoms with Gasteiger partial charge in [0, 0.05) is 14.7 Å². The van der Waals surface area contributed by atoms with E-state index in [0.717, 1.165) is 23.3 Å². The van der Waals surface area contributed by atoms with Crippen molar-refractivity contribution in [3.63, 3.8) is 0 Å². The van der Waals surface area contributed by atoms with Crippen LogP contribution in [0.25, 0.3) is 0 Å². The van der Waals surface area contributed by atoms with Gasteiger partial charge in [0.15, 0.2) is 0 Å². The Kier molecular flexibility index (Phi) is 7.01. The van der Waals surface area contributed by atoms with E-state index in [4.69, 9.17) is 3.63 Å². The van der Waals surface area contributed by atoms with Crippen molar-refractivity contribution in [1.82, 2.24) is 0 Å². The lowest BCUT2D eigenvalue weighted by molar-refractivity contribution is -0.137. The third-order valence-corrected chi connectivity index (χ3v) is 10.7. The Labute approximate surface area is 209 Å². The van der Waals surface area contributed by atoms with Crippen LogP contribution in [0.4, 0.5) is 17.6 Å². The highest BCUT2D eigenvalue weighted by molar-refractivity contribution is 8.33. The van der Waals surface area contributed by atoms with Crippen LogP contribution in [0.15, 0.2) is 117 Å². The SMILES string of the molecule is Cc1ccc(S(OS(=O)(=O)c2ccc(C(F)(F)F)cc2)(c2ccc(C)cc2)c2ccc(F)cc2)cc1. The van der Waals surface area contributed by atoms with Gasteiger partial charge in [-0.15, -0.1) is 0 Å². The lowest BCUT2D eigenvalue weighted by Crippen LogP contribution is -2.15. The predicted octanol–water partition coefficient (Wildman–Crippen LogP) is 8.06. The second kappa shape index (κ2) is 9.72. The van der Waals surface area contributed by atoms with E-state index < -0.39 is 42.9 Å². The van der Waals surface area contributed by atoms with Gasteiger partial charge in [0.05, 0.1) is 10.5 Å². The van der Waals surface area contributed by atoms with E-state index >= 15 is 0 Å². The lowest BCUT2D eigenvalue weighted by Gasteiger charge is -2.39. The molecule has 0 aliphatic carbocycles. The molecule has 0 aliphatic heterocycles. The smallest absolute Gasteiger partial charge is 0.207 e. The zero-order chi connectivity index (χ0) is 26.1. The van der Waals surface area contributed by atoms with Gasteiger partial charge in [-0.05, 0) is 97.0 Å². The van der Waals surface area contributed by atoms with Gasteiger partial charge in [-0.2, -0.15) is 21.6 Å². The summed E-state index contributed by atoms with van der Waals surface area (Å²) in [6.45, 7) is 3.76. The molecule has 4 aromatic rings. The number of rotatable bonds is 6. The van der Waals surface area contributed by atoms with Crippen LogP contribution in [0.5, 0.6) is 0 Å². The zero-order valence-corrected chi connectivity index (χ0v) is 20.9. The van der Waals surface area contributed by atoms with Crippen molar-refractivity contribution in [1.29, 1.82) is 0 Å². The van der Waals surface area contributed by atoms with Crippen molar-refractivity contribution in [2.75, 3.05) is 0 Å². The average Bonchev–Trinajstić information content (AvgIpc) is 2.84. The van der Waals surface area contributed by atoms with Crippen LogP contribution in [0.1, 0.15) is 16.7 Å². The molecule has 0 N–H and O–H groups in total. The van der Waals surface area contributed by atoms with Crippen molar-refractivity contribution in [3.05, 3.63) is 120 Å². The Balaban J connectivity index is 1.96. The molecule has 36 heavy (non-hydrogen) atoms. The highest BCUT2D eigenvalue weighted by atomic mass is 32.3. The molecule has 3 nitrogen and oxygen atoms in total. The molecule has 0 radical (unpaired) electrons. The first kappa shape index (κ1) is 25.9. The molecule has 0 amide bonds. The topological polar surface area (TPSA) is 43.4 Å². The van der Waals surface area contributed by atoms with E-state index in [1.165, 1.54) is 24.3 Å². The van der Waals surface area contributed by atoms with E-state index in [0.29, 0.717) is 26.8 Å². The summed E-state index contributed by atoms with van der Waals surface area (Å²) in [6.07, 6.45) is -4.62. The lowest BCUT2D eigenvalue weighted by atomic mass is 10.2. The second-order valence-electron chi connectivity index (χ2n) is 8.18. The van der Waals surface area contributed by atoms with Crippen molar-refractivity contribution in [2.45, 2.75) is 39.6 Å². The van der Waals surface area contributed by atoms with Crippen LogP contribution in [0.2, 0.25) is 0 Å². The summed E-state index contributed by atoms with van der Waals surface area (Å²) in [4.78, 5) is 1.04. The van der Waals surface area contributed by atoms with Gasteiger partial charge in [-0.1, -0.05) is 35.4 Å². The van der Waals surface area contributed by atoms with E-state index in [9.17, 15) is 26.0 Å². The second-order valence-corrected chi connectivity index (χ2v) is 12.6. The Hall–Kier alpha value is -3.14. The summed E-state index contributed by atoms with van der Waals surface area (Å²) in [6, 6.07) is 22.7. The zero-order valence-electron chi connectivity index (χ0n) is 19.3. The van der Waals surface area contributed by atoms with Gasteiger partial charge in [0.25, 0.3) is 0 Å². The summed E-state index contributed by atoms with van der Waals surface area (Å²) < 4.78 is 86.2. The van der Waals surface area contributed by atoms with Crippen LogP contribution < -0.4 is 0 Å². The van der Waals surface area contributed by atoms with Gasteiger partial charge < -0.3 is 0 Å².